The van der Waals surface area contributed by atoms with Crippen LogP contribution in [0.1, 0.15) is 25.8 Å². The second-order valence-corrected chi connectivity index (χ2v) is 5.46. The molecule has 1 aromatic carbocycles. The summed E-state index contributed by atoms with van der Waals surface area (Å²) in [5.74, 6) is 2.66. The van der Waals surface area contributed by atoms with Gasteiger partial charge in [-0.1, -0.05) is 31.0 Å². The van der Waals surface area contributed by atoms with E-state index in [1.54, 1.807) is 19.1 Å². The molecule has 1 atom stereocenters. The van der Waals surface area contributed by atoms with E-state index >= 15 is 0 Å². The minimum absolute atomic E-state index is 0.395. The highest BCUT2D eigenvalue weighted by Gasteiger charge is 2.15. The average Bonchev–Trinajstić information content (AvgIpc) is 2.27. The lowest BCUT2D eigenvalue weighted by Gasteiger charge is -2.02. The molecule has 2 nitrogen and oxygen atoms in total. The quantitative estimate of drug-likeness (QED) is 0.719. The summed E-state index contributed by atoms with van der Waals surface area (Å²) in [5.41, 5.74) is 0.726. The Morgan fingerprint density at radius 2 is 1.87 bits per heavy atom. The molecule has 0 amide bonds. The SMILES string of the molecule is CC[C@@H](C)S(=O)(=O)C#Cc1ccccc1. The Labute approximate surface area is 91.2 Å². The fourth-order valence-corrected chi connectivity index (χ4v) is 1.87. The van der Waals surface area contributed by atoms with Crippen molar-refractivity contribution in [3.63, 3.8) is 0 Å². The fraction of sp³-hybridized carbons (Fsp3) is 0.333. The van der Waals surface area contributed by atoms with Crippen LogP contribution in [0.2, 0.25) is 0 Å². The summed E-state index contributed by atoms with van der Waals surface area (Å²) < 4.78 is 23.1. The molecular formula is C12H14O2S. The molecule has 0 fully saturated rings. The maximum Gasteiger partial charge on any atom is 0.219 e. The zero-order valence-corrected chi connectivity index (χ0v) is 9.71. The Kier molecular flexibility index (Phi) is 3.93. The molecule has 0 aliphatic rings. The van der Waals surface area contributed by atoms with Crippen LogP contribution in [0.3, 0.4) is 0 Å². The molecular weight excluding hydrogens is 208 g/mol. The molecule has 1 rings (SSSR count). The highest BCUT2D eigenvalue weighted by atomic mass is 32.2. The van der Waals surface area contributed by atoms with E-state index in [0.29, 0.717) is 6.42 Å². The molecule has 0 aromatic heterocycles. The van der Waals surface area contributed by atoms with Crippen LogP contribution in [-0.2, 0) is 9.84 Å². The van der Waals surface area contributed by atoms with Gasteiger partial charge in [-0.25, -0.2) is 8.42 Å². The second-order valence-electron chi connectivity index (χ2n) is 3.36. The van der Waals surface area contributed by atoms with Crippen LogP contribution < -0.4 is 0 Å². The summed E-state index contributed by atoms with van der Waals surface area (Å²) >= 11 is 0. The molecule has 0 saturated carbocycles. The molecule has 0 heterocycles. The zero-order valence-electron chi connectivity index (χ0n) is 8.90. The van der Waals surface area contributed by atoms with Crippen LogP contribution in [0.4, 0.5) is 0 Å². The predicted molar refractivity (Wildman–Crippen MR) is 62.0 cm³/mol. The lowest BCUT2D eigenvalue weighted by atomic mass is 10.2. The molecule has 0 aliphatic carbocycles. The fourth-order valence-electron chi connectivity index (χ4n) is 0.972. The van der Waals surface area contributed by atoms with Gasteiger partial charge in [0.1, 0.15) is 0 Å². The van der Waals surface area contributed by atoms with Gasteiger partial charge in [0.05, 0.1) is 5.25 Å². The molecule has 15 heavy (non-hydrogen) atoms. The first-order valence-electron chi connectivity index (χ1n) is 4.88. The summed E-state index contributed by atoms with van der Waals surface area (Å²) in [4.78, 5) is 0. The van der Waals surface area contributed by atoms with Gasteiger partial charge in [0.25, 0.3) is 0 Å². The largest absolute Gasteiger partial charge is 0.219 e. The molecule has 0 bridgehead atoms. The van der Waals surface area contributed by atoms with Gasteiger partial charge in [-0.05, 0) is 25.5 Å². The minimum Gasteiger partial charge on any atom is -0.215 e. The number of benzene rings is 1. The summed E-state index contributed by atoms with van der Waals surface area (Å²) in [7, 11) is -3.27. The van der Waals surface area contributed by atoms with Crippen molar-refractivity contribution in [2.45, 2.75) is 25.5 Å². The van der Waals surface area contributed by atoms with Crippen molar-refractivity contribution in [2.24, 2.45) is 0 Å². The standard InChI is InChI=1S/C12H14O2S/c1-3-11(2)15(13,14)10-9-12-7-5-4-6-8-12/h4-8,11H,3H2,1-2H3/t11-/m1/s1. The third-order valence-electron chi connectivity index (χ3n) is 2.22. The van der Waals surface area contributed by atoms with Crippen LogP contribution in [0.15, 0.2) is 30.3 Å². The van der Waals surface area contributed by atoms with E-state index in [2.05, 4.69) is 11.2 Å². The van der Waals surface area contributed by atoms with Crippen molar-refractivity contribution in [2.75, 3.05) is 0 Å². The third-order valence-corrected chi connectivity index (χ3v) is 4.00. The summed E-state index contributed by atoms with van der Waals surface area (Å²) in [6.07, 6.45) is 0.589. The number of sulfone groups is 1. The normalized spacial score (nSPS) is 12.7. The summed E-state index contributed by atoms with van der Waals surface area (Å²) in [6.45, 7) is 3.52. The van der Waals surface area contributed by atoms with Gasteiger partial charge in [-0.15, -0.1) is 0 Å². The molecule has 3 heteroatoms. The predicted octanol–water partition coefficient (Wildman–Crippen LogP) is 2.21. The van der Waals surface area contributed by atoms with E-state index in [4.69, 9.17) is 0 Å². The van der Waals surface area contributed by atoms with Crippen LogP contribution >= 0.6 is 0 Å². The highest BCUT2D eigenvalue weighted by Crippen LogP contribution is 2.05. The first kappa shape index (κ1) is 11.8. The summed E-state index contributed by atoms with van der Waals surface area (Å²) in [5, 5.41) is 1.95. The van der Waals surface area contributed by atoms with Gasteiger partial charge in [0.2, 0.25) is 9.84 Å². The number of rotatable bonds is 2. The van der Waals surface area contributed by atoms with Crippen LogP contribution in [0.5, 0.6) is 0 Å². The lowest BCUT2D eigenvalue weighted by molar-refractivity contribution is 0.592. The first-order chi connectivity index (χ1) is 7.06. The van der Waals surface area contributed by atoms with Crippen molar-refractivity contribution in [3.05, 3.63) is 35.9 Å². The van der Waals surface area contributed by atoms with Crippen molar-refractivity contribution >= 4 is 9.84 Å². The van der Waals surface area contributed by atoms with Crippen LogP contribution in [0.25, 0.3) is 0 Å². The zero-order chi connectivity index (χ0) is 11.3. The Balaban J connectivity index is 2.92. The van der Waals surface area contributed by atoms with E-state index in [1.807, 2.05) is 25.1 Å². The molecule has 0 saturated heterocycles. The molecule has 0 N–H and O–H groups in total. The van der Waals surface area contributed by atoms with Crippen molar-refractivity contribution in [1.82, 2.24) is 0 Å². The minimum atomic E-state index is -3.27. The van der Waals surface area contributed by atoms with E-state index in [-0.39, 0.29) is 0 Å². The Bertz CT molecular complexity index is 463. The molecule has 0 aliphatic heterocycles. The topological polar surface area (TPSA) is 34.1 Å². The van der Waals surface area contributed by atoms with Gasteiger partial charge < -0.3 is 0 Å². The van der Waals surface area contributed by atoms with Gasteiger partial charge in [-0.2, -0.15) is 0 Å². The number of hydrogen-bond acceptors (Lipinski definition) is 2. The van der Waals surface area contributed by atoms with Gasteiger partial charge in [-0.3, -0.25) is 0 Å². The third kappa shape index (κ3) is 3.41. The maximum absolute atomic E-state index is 11.6. The van der Waals surface area contributed by atoms with Crippen LogP contribution in [-0.4, -0.2) is 13.7 Å². The average molecular weight is 222 g/mol. The van der Waals surface area contributed by atoms with Crippen molar-refractivity contribution in [1.29, 1.82) is 0 Å². The van der Waals surface area contributed by atoms with Gasteiger partial charge in [0.15, 0.2) is 0 Å². The second kappa shape index (κ2) is 4.99. The van der Waals surface area contributed by atoms with Gasteiger partial charge >= 0.3 is 0 Å². The van der Waals surface area contributed by atoms with Crippen molar-refractivity contribution < 1.29 is 8.42 Å². The first-order valence-corrected chi connectivity index (χ1v) is 6.42. The van der Waals surface area contributed by atoms with E-state index < -0.39 is 15.1 Å². The maximum atomic E-state index is 11.6. The highest BCUT2D eigenvalue weighted by molar-refractivity contribution is 7.96. The molecule has 1 aromatic rings. The smallest absolute Gasteiger partial charge is 0.215 e. The Morgan fingerprint density at radius 1 is 1.27 bits per heavy atom. The van der Waals surface area contributed by atoms with Crippen molar-refractivity contribution in [3.8, 4) is 11.2 Å². The number of hydrogen-bond donors (Lipinski definition) is 0. The molecule has 0 radical (unpaired) electrons. The van der Waals surface area contributed by atoms with E-state index in [9.17, 15) is 8.42 Å². The van der Waals surface area contributed by atoms with E-state index in [1.165, 1.54) is 0 Å². The molecule has 0 unspecified atom stereocenters. The monoisotopic (exact) mass is 222 g/mol. The molecule has 0 spiro atoms. The summed E-state index contributed by atoms with van der Waals surface area (Å²) in [6, 6.07) is 9.12. The Morgan fingerprint density at radius 3 is 2.40 bits per heavy atom. The lowest BCUT2D eigenvalue weighted by Crippen LogP contribution is -2.13. The van der Waals surface area contributed by atoms with Gasteiger partial charge in [0, 0.05) is 10.8 Å². The van der Waals surface area contributed by atoms with Crippen LogP contribution in [0, 0.1) is 11.2 Å². The van der Waals surface area contributed by atoms with E-state index in [0.717, 1.165) is 5.56 Å². The molecule has 80 valence electrons. The Hall–Kier alpha value is -1.27.